The van der Waals surface area contributed by atoms with Gasteiger partial charge in [0, 0.05) is 11.6 Å². The van der Waals surface area contributed by atoms with Crippen molar-refractivity contribution in [3.8, 4) is 5.75 Å². The van der Waals surface area contributed by atoms with E-state index in [2.05, 4.69) is 25.9 Å². The molecule has 2 aromatic heterocycles. The quantitative estimate of drug-likeness (QED) is 0.805. The summed E-state index contributed by atoms with van der Waals surface area (Å²) in [6.07, 6.45) is 3.45. The first kappa shape index (κ1) is 9.61. The predicted octanol–water partition coefficient (Wildman–Crippen LogP) is 2.88. The van der Waals surface area contributed by atoms with Gasteiger partial charge in [-0.1, -0.05) is 0 Å². The van der Waals surface area contributed by atoms with E-state index in [1.165, 1.54) is 0 Å². The van der Waals surface area contributed by atoms with Gasteiger partial charge in [-0.3, -0.25) is 0 Å². The molecule has 0 bridgehead atoms. The predicted molar refractivity (Wildman–Crippen MR) is 58.4 cm³/mol. The molecule has 0 aromatic carbocycles. The van der Waals surface area contributed by atoms with Gasteiger partial charge < -0.3 is 4.74 Å². The van der Waals surface area contributed by atoms with Gasteiger partial charge in [-0.25, -0.2) is 9.97 Å². The number of rotatable bonds is 3. The number of nitrogens with zero attached hydrogens (tertiary/aromatic N) is 2. The lowest BCUT2D eigenvalue weighted by atomic mass is 10.5. The normalized spacial score (nSPS) is 10.1. The second-order valence-corrected chi connectivity index (χ2v) is 4.32. The number of pyridine rings is 1. The zero-order valence-electron chi connectivity index (χ0n) is 7.18. The van der Waals surface area contributed by atoms with Crippen LogP contribution in [0.4, 0.5) is 0 Å². The van der Waals surface area contributed by atoms with Crippen molar-refractivity contribution in [3.05, 3.63) is 39.5 Å². The van der Waals surface area contributed by atoms with Gasteiger partial charge in [-0.05, 0) is 28.1 Å². The molecule has 0 aliphatic carbocycles. The molecule has 14 heavy (non-hydrogen) atoms. The molecule has 0 radical (unpaired) electrons. The Balaban J connectivity index is 1.95. The summed E-state index contributed by atoms with van der Waals surface area (Å²) in [7, 11) is 0. The summed E-state index contributed by atoms with van der Waals surface area (Å²) in [5, 5.41) is 2.89. The molecule has 3 nitrogen and oxygen atoms in total. The number of thiazole rings is 1. The van der Waals surface area contributed by atoms with E-state index in [4.69, 9.17) is 4.74 Å². The maximum atomic E-state index is 5.47. The largest absolute Gasteiger partial charge is 0.485 e. The maximum Gasteiger partial charge on any atom is 0.140 e. The minimum Gasteiger partial charge on any atom is -0.485 e. The third kappa shape index (κ3) is 2.52. The van der Waals surface area contributed by atoms with Crippen LogP contribution in [0.2, 0.25) is 0 Å². The Bertz CT molecular complexity index is 388. The second kappa shape index (κ2) is 4.52. The molecule has 0 amide bonds. The van der Waals surface area contributed by atoms with Crippen molar-refractivity contribution < 1.29 is 4.74 Å². The fourth-order valence-electron chi connectivity index (χ4n) is 0.917. The zero-order valence-corrected chi connectivity index (χ0v) is 9.59. The van der Waals surface area contributed by atoms with E-state index in [-0.39, 0.29) is 0 Å². The number of hydrogen-bond donors (Lipinski definition) is 0. The number of halogens is 1. The highest BCUT2D eigenvalue weighted by Gasteiger charge is 1.97. The Kier molecular flexibility index (Phi) is 3.10. The molecule has 0 aliphatic heterocycles. The molecular formula is C9H7BrN2OS. The molecule has 0 saturated carbocycles. The van der Waals surface area contributed by atoms with Crippen molar-refractivity contribution >= 4 is 27.3 Å². The summed E-state index contributed by atoms with van der Waals surface area (Å²) < 4.78 is 6.27. The molecule has 2 heterocycles. The third-order valence-corrected chi connectivity index (χ3v) is 2.77. The molecular weight excluding hydrogens is 264 g/mol. The van der Waals surface area contributed by atoms with Gasteiger partial charge in [-0.15, -0.1) is 11.3 Å². The van der Waals surface area contributed by atoms with Gasteiger partial charge in [0.2, 0.25) is 0 Å². The van der Waals surface area contributed by atoms with Crippen molar-refractivity contribution in [1.82, 2.24) is 9.97 Å². The van der Waals surface area contributed by atoms with Crippen molar-refractivity contribution in [2.45, 2.75) is 6.61 Å². The lowest BCUT2D eigenvalue weighted by Crippen LogP contribution is -1.94. The smallest absolute Gasteiger partial charge is 0.140 e. The summed E-state index contributed by atoms with van der Waals surface area (Å²) in [5.74, 6) is 0.753. The van der Waals surface area contributed by atoms with Crippen LogP contribution in [0.15, 0.2) is 34.5 Å². The number of ether oxygens (including phenoxy) is 1. The molecule has 0 atom stereocenters. The zero-order chi connectivity index (χ0) is 9.80. The highest BCUT2D eigenvalue weighted by Crippen LogP contribution is 2.14. The Morgan fingerprint density at radius 1 is 1.36 bits per heavy atom. The highest BCUT2D eigenvalue weighted by molar-refractivity contribution is 9.10. The van der Waals surface area contributed by atoms with E-state index in [9.17, 15) is 0 Å². The molecule has 2 rings (SSSR count). The Labute approximate surface area is 93.9 Å². The lowest BCUT2D eigenvalue weighted by molar-refractivity contribution is 0.304. The summed E-state index contributed by atoms with van der Waals surface area (Å²) in [6.45, 7) is 0.501. The van der Waals surface area contributed by atoms with Crippen LogP contribution in [0, 0.1) is 0 Å². The van der Waals surface area contributed by atoms with Crippen LogP contribution in [0.5, 0.6) is 5.75 Å². The van der Waals surface area contributed by atoms with Crippen LogP contribution in [0.3, 0.4) is 0 Å². The first-order chi connectivity index (χ1) is 6.84. The van der Waals surface area contributed by atoms with E-state index in [0.717, 1.165) is 15.4 Å². The summed E-state index contributed by atoms with van der Waals surface area (Å²) in [4.78, 5) is 8.17. The van der Waals surface area contributed by atoms with Crippen molar-refractivity contribution in [1.29, 1.82) is 0 Å². The first-order valence-corrected chi connectivity index (χ1v) is 5.64. The number of aromatic nitrogens is 2. The van der Waals surface area contributed by atoms with Crippen molar-refractivity contribution in [2.75, 3.05) is 0 Å². The Hall–Kier alpha value is -0.940. The first-order valence-electron chi connectivity index (χ1n) is 3.97. The van der Waals surface area contributed by atoms with Crippen LogP contribution >= 0.6 is 27.3 Å². The SMILES string of the molecule is Brc1ccc(OCc2nccs2)cn1. The van der Waals surface area contributed by atoms with Crippen molar-refractivity contribution in [3.63, 3.8) is 0 Å². The van der Waals surface area contributed by atoms with Gasteiger partial charge in [0.15, 0.2) is 0 Å². The van der Waals surface area contributed by atoms with Crippen LogP contribution in [0.25, 0.3) is 0 Å². The van der Waals surface area contributed by atoms with Crippen LogP contribution in [-0.4, -0.2) is 9.97 Å². The molecule has 0 N–H and O–H groups in total. The average molecular weight is 271 g/mol. The summed E-state index contributed by atoms with van der Waals surface area (Å²) in [5.41, 5.74) is 0. The van der Waals surface area contributed by atoms with Crippen molar-refractivity contribution in [2.24, 2.45) is 0 Å². The minimum absolute atomic E-state index is 0.501. The molecule has 0 fully saturated rings. The van der Waals surface area contributed by atoms with Gasteiger partial charge in [0.25, 0.3) is 0 Å². The van der Waals surface area contributed by atoms with Crippen LogP contribution in [-0.2, 0) is 6.61 Å². The monoisotopic (exact) mass is 270 g/mol. The fourth-order valence-corrected chi connectivity index (χ4v) is 1.68. The summed E-state index contributed by atoms with van der Waals surface area (Å²) >= 11 is 4.84. The van der Waals surface area contributed by atoms with Gasteiger partial charge in [-0.2, -0.15) is 0 Å². The van der Waals surface area contributed by atoms with Crippen LogP contribution < -0.4 is 4.74 Å². The summed E-state index contributed by atoms with van der Waals surface area (Å²) in [6, 6.07) is 3.71. The number of hydrogen-bond acceptors (Lipinski definition) is 4. The third-order valence-electron chi connectivity index (χ3n) is 1.55. The van der Waals surface area contributed by atoms with Gasteiger partial charge in [0.05, 0.1) is 6.20 Å². The Morgan fingerprint density at radius 3 is 2.93 bits per heavy atom. The average Bonchev–Trinajstić information content (AvgIpc) is 2.70. The standard InChI is InChI=1S/C9H7BrN2OS/c10-8-2-1-7(5-12-8)13-6-9-11-3-4-14-9/h1-5H,6H2. The van der Waals surface area contributed by atoms with E-state index in [1.54, 1.807) is 23.7 Å². The topological polar surface area (TPSA) is 35.0 Å². The molecule has 0 saturated heterocycles. The molecule has 0 aliphatic rings. The van der Waals surface area contributed by atoms with Gasteiger partial charge in [0.1, 0.15) is 22.0 Å². The molecule has 2 aromatic rings. The lowest BCUT2D eigenvalue weighted by Gasteiger charge is -2.02. The molecule has 0 unspecified atom stereocenters. The van der Waals surface area contributed by atoms with E-state index >= 15 is 0 Å². The van der Waals surface area contributed by atoms with E-state index < -0.39 is 0 Å². The molecule has 5 heteroatoms. The van der Waals surface area contributed by atoms with E-state index in [1.807, 2.05) is 17.5 Å². The van der Waals surface area contributed by atoms with Gasteiger partial charge >= 0.3 is 0 Å². The van der Waals surface area contributed by atoms with Crippen LogP contribution in [0.1, 0.15) is 5.01 Å². The van der Waals surface area contributed by atoms with E-state index in [0.29, 0.717) is 6.61 Å². The highest BCUT2D eigenvalue weighted by atomic mass is 79.9. The molecule has 0 spiro atoms. The fraction of sp³-hybridized carbons (Fsp3) is 0.111. The maximum absolute atomic E-state index is 5.47. The minimum atomic E-state index is 0.501. The molecule has 72 valence electrons. The Morgan fingerprint density at radius 2 is 2.29 bits per heavy atom. The second-order valence-electron chi connectivity index (χ2n) is 2.53.